The lowest BCUT2D eigenvalue weighted by Gasteiger charge is -2.36. The summed E-state index contributed by atoms with van der Waals surface area (Å²) in [6, 6.07) is 0.322. The van der Waals surface area contributed by atoms with Gasteiger partial charge in [-0.2, -0.15) is 0 Å². The second-order valence-corrected chi connectivity index (χ2v) is 3.79. The Balaban J connectivity index is 2.37. The number of fused-ring (bicyclic) bond motifs is 2. The van der Waals surface area contributed by atoms with Crippen LogP contribution in [0.4, 0.5) is 0 Å². The van der Waals surface area contributed by atoms with Gasteiger partial charge in [0.05, 0.1) is 12.0 Å². The molecule has 60 valence electrons. The summed E-state index contributed by atoms with van der Waals surface area (Å²) in [6.45, 7) is 4.15. The molecule has 3 aliphatic rings. The summed E-state index contributed by atoms with van der Waals surface area (Å²) in [7, 11) is 0. The highest BCUT2D eigenvalue weighted by Gasteiger charge is 2.39. The highest BCUT2D eigenvalue weighted by atomic mass is 16.1. The van der Waals surface area contributed by atoms with Crippen molar-refractivity contribution in [2.45, 2.75) is 32.7 Å². The highest BCUT2D eigenvalue weighted by Crippen LogP contribution is 2.34. The quantitative estimate of drug-likeness (QED) is 0.515. The number of aliphatic imine (C=N–C) groups is 1. The van der Waals surface area contributed by atoms with Gasteiger partial charge in [0.15, 0.2) is 0 Å². The van der Waals surface area contributed by atoms with E-state index in [0.717, 1.165) is 12.1 Å². The van der Waals surface area contributed by atoms with Gasteiger partial charge in [-0.15, -0.1) is 0 Å². The molecule has 2 heteroatoms. The van der Waals surface area contributed by atoms with Gasteiger partial charge in [0.25, 0.3) is 0 Å². The van der Waals surface area contributed by atoms with Crippen LogP contribution in [0.2, 0.25) is 0 Å². The molecule has 2 aliphatic heterocycles. The summed E-state index contributed by atoms with van der Waals surface area (Å²) in [5, 5.41) is 0. The zero-order valence-corrected chi connectivity index (χ0v) is 7.00. The average Bonchev–Trinajstić information content (AvgIpc) is 1.82. The Morgan fingerprint density at radius 1 is 1.55 bits per heavy atom. The number of nitrogens with zero attached hydrogens (tertiary/aromatic N) is 1. The number of hydrogen-bond donors (Lipinski definition) is 0. The molecule has 11 heavy (non-hydrogen) atoms. The second-order valence-electron chi connectivity index (χ2n) is 3.79. The smallest absolute Gasteiger partial charge is 0.143 e. The topological polar surface area (TPSA) is 29.4 Å². The number of Topliss-reactive ketones (excluding diaryl/α,β-unsaturated/α-hetero) is 1. The van der Waals surface area contributed by atoms with E-state index in [0.29, 0.717) is 24.2 Å². The van der Waals surface area contributed by atoms with Gasteiger partial charge in [-0.1, -0.05) is 6.92 Å². The zero-order valence-electron chi connectivity index (χ0n) is 7.00. The van der Waals surface area contributed by atoms with Crippen LogP contribution in [0.3, 0.4) is 0 Å². The Hall–Kier alpha value is -0.660. The monoisotopic (exact) mass is 151 g/mol. The molecule has 0 aromatic heterocycles. The van der Waals surface area contributed by atoms with Crippen LogP contribution in [0.1, 0.15) is 26.7 Å². The van der Waals surface area contributed by atoms with Gasteiger partial charge in [-0.3, -0.25) is 9.79 Å². The minimum atomic E-state index is 0.167. The van der Waals surface area contributed by atoms with Crippen molar-refractivity contribution in [3.8, 4) is 0 Å². The van der Waals surface area contributed by atoms with Gasteiger partial charge in [-0.25, -0.2) is 0 Å². The molecule has 0 aromatic rings. The van der Waals surface area contributed by atoms with Crippen molar-refractivity contribution in [3.05, 3.63) is 0 Å². The highest BCUT2D eigenvalue weighted by molar-refractivity contribution is 6.07. The first kappa shape index (κ1) is 7.01. The summed E-state index contributed by atoms with van der Waals surface area (Å²) in [4.78, 5) is 15.8. The zero-order chi connectivity index (χ0) is 8.01. The van der Waals surface area contributed by atoms with E-state index in [2.05, 4.69) is 11.9 Å². The fraction of sp³-hybridized carbons (Fsp3) is 0.778. The molecule has 1 aliphatic carbocycles. The molecule has 0 spiro atoms. The number of carbonyl (C=O) groups is 1. The molecule has 0 amide bonds. The SMILES string of the molecule is CC1=N[C@@H]2CC(=O)[C@H]1[C@@H](C)C2. The lowest BCUT2D eigenvalue weighted by molar-refractivity contribution is -0.124. The molecule has 0 N–H and O–H groups in total. The Bertz CT molecular complexity index is 232. The number of hydrogen-bond acceptors (Lipinski definition) is 2. The second kappa shape index (κ2) is 2.16. The van der Waals surface area contributed by atoms with Crippen LogP contribution in [0.15, 0.2) is 4.99 Å². The van der Waals surface area contributed by atoms with Gasteiger partial charge in [-0.05, 0) is 19.3 Å². The van der Waals surface area contributed by atoms with Crippen LogP contribution in [-0.4, -0.2) is 17.5 Å². The van der Waals surface area contributed by atoms with E-state index in [1.165, 1.54) is 0 Å². The van der Waals surface area contributed by atoms with E-state index >= 15 is 0 Å². The van der Waals surface area contributed by atoms with Crippen LogP contribution in [0.25, 0.3) is 0 Å². The third-order valence-corrected chi connectivity index (χ3v) is 2.83. The van der Waals surface area contributed by atoms with Crippen molar-refractivity contribution in [3.63, 3.8) is 0 Å². The summed E-state index contributed by atoms with van der Waals surface area (Å²) < 4.78 is 0. The third kappa shape index (κ3) is 0.924. The Labute approximate surface area is 66.7 Å². The average molecular weight is 151 g/mol. The normalized spacial score (nSPS) is 42.5. The van der Waals surface area contributed by atoms with E-state index in [-0.39, 0.29) is 5.92 Å². The first-order valence-corrected chi connectivity index (χ1v) is 4.25. The van der Waals surface area contributed by atoms with Gasteiger partial charge in [0, 0.05) is 12.1 Å². The molecule has 0 radical (unpaired) electrons. The largest absolute Gasteiger partial charge is 0.299 e. The van der Waals surface area contributed by atoms with E-state index in [1.807, 2.05) is 6.92 Å². The maximum atomic E-state index is 11.4. The molecule has 2 nitrogen and oxygen atoms in total. The summed E-state index contributed by atoms with van der Waals surface area (Å²) in [5.41, 5.74) is 1.07. The fourth-order valence-corrected chi connectivity index (χ4v) is 2.44. The first-order valence-electron chi connectivity index (χ1n) is 4.25. The molecule has 2 heterocycles. The maximum Gasteiger partial charge on any atom is 0.143 e. The summed E-state index contributed by atoms with van der Waals surface area (Å²) >= 11 is 0. The van der Waals surface area contributed by atoms with Crippen molar-refractivity contribution in [1.29, 1.82) is 0 Å². The van der Waals surface area contributed by atoms with Crippen molar-refractivity contribution in [2.24, 2.45) is 16.8 Å². The lowest BCUT2D eigenvalue weighted by atomic mass is 9.72. The summed E-state index contributed by atoms with van der Waals surface area (Å²) in [5.74, 6) is 1.12. The molecule has 2 bridgehead atoms. The predicted molar refractivity (Wildman–Crippen MR) is 43.8 cm³/mol. The van der Waals surface area contributed by atoms with E-state index in [4.69, 9.17) is 0 Å². The predicted octanol–water partition coefficient (Wildman–Crippen LogP) is 1.44. The lowest BCUT2D eigenvalue weighted by Crippen LogP contribution is -2.42. The van der Waals surface area contributed by atoms with E-state index < -0.39 is 0 Å². The van der Waals surface area contributed by atoms with Crippen molar-refractivity contribution < 1.29 is 4.79 Å². The first-order chi connectivity index (χ1) is 5.18. The number of rotatable bonds is 0. The summed E-state index contributed by atoms with van der Waals surface area (Å²) in [6.07, 6.45) is 1.82. The minimum Gasteiger partial charge on any atom is -0.299 e. The maximum absolute atomic E-state index is 11.4. The van der Waals surface area contributed by atoms with E-state index in [9.17, 15) is 4.79 Å². The van der Waals surface area contributed by atoms with Gasteiger partial charge in [0.1, 0.15) is 5.78 Å². The molecule has 0 unspecified atom stereocenters. The Morgan fingerprint density at radius 3 is 2.64 bits per heavy atom. The number of ketones is 1. The minimum absolute atomic E-state index is 0.167. The third-order valence-electron chi connectivity index (χ3n) is 2.83. The van der Waals surface area contributed by atoms with Crippen LogP contribution in [0, 0.1) is 11.8 Å². The molecule has 3 atom stereocenters. The molecular formula is C9H13NO. The number of carbonyl (C=O) groups excluding carboxylic acids is 1. The molecule has 1 saturated carbocycles. The molecular weight excluding hydrogens is 138 g/mol. The fourth-order valence-electron chi connectivity index (χ4n) is 2.44. The van der Waals surface area contributed by atoms with Gasteiger partial charge in [0.2, 0.25) is 0 Å². The van der Waals surface area contributed by atoms with Crippen molar-refractivity contribution >= 4 is 11.5 Å². The molecule has 3 rings (SSSR count). The Morgan fingerprint density at radius 2 is 2.27 bits per heavy atom. The van der Waals surface area contributed by atoms with Crippen LogP contribution < -0.4 is 0 Å². The molecule has 0 aromatic carbocycles. The van der Waals surface area contributed by atoms with Crippen LogP contribution >= 0.6 is 0 Å². The van der Waals surface area contributed by atoms with E-state index in [1.54, 1.807) is 0 Å². The standard InChI is InChI=1S/C9H13NO/c1-5-3-7-4-8(11)9(5)6(2)10-7/h5,7,9H,3-4H2,1-2H3/t5-,7-,9-/m0/s1. The van der Waals surface area contributed by atoms with Crippen molar-refractivity contribution in [2.75, 3.05) is 0 Å². The Kier molecular flexibility index (Phi) is 1.38. The van der Waals surface area contributed by atoms with Crippen molar-refractivity contribution in [1.82, 2.24) is 0 Å². The molecule has 1 fully saturated rings. The van der Waals surface area contributed by atoms with Gasteiger partial charge < -0.3 is 0 Å². The van der Waals surface area contributed by atoms with Gasteiger partial charge >= 0.3 is 0 Å². The molecule has 0 saturated heterocycles. The van der Waals surface area contributed by atoms with Crippen LogP contribution in [-0.2, 0) is 4.79 Å². The van der Waals surface area contributed by atoms with Crippen LogP contribution in [0.5, 0.6) is 0 Å².